The Hall–Kier alpha value is -3.97. The highest BCUT2D eigenvalue weighted by Gasteiger charge is 2.27. The number of nitriles is 1. The second-order valence-electron chi connectivity index (χ2n) is 10.6. The smallest absolute Gasteiger partial charge is 0.228 e. The lowest BCUT2D eigenvalue weighted by atomic mass is 9.71. The number of hydrogen-bond donors (Lipinski definition) is 0. The molecule has 2 aromatic carbocycles. The highest BCUT2D eigenvalue weighted by atomic mass is 16.3. The highest BCUT2D eigenvalue weighted by molar-refractivity contribution is 6.08. The number of aryl methyl sites for hydroxylation is 2. The molecule has 4 nitrogen and oxygen atoms in total. The fourth-order valence-corrected chi connectivity index (χ4v) is 5.28. The Labute approximate surface area is 227 Å². The maximum atomic E-state index is 9.28. The van der Waals surface area contributed by atoms with Gasteiger partial charge in [-0.15, -0.1) is 0 Å². The molecule has 0 unspecified atom stereocenters. The van der Waals surface area contributed by atoms with E-state index in [1.165, 1.54) is 6.20 Å². The van der Waals surface area contributed by atoms with E-state index in [1.807, 2.05) is 18.2 Å². The van der Waals surface area contributed by atoms with Crippen LogP contribution in [0.25, 0.3) is 44.5 Å². The molecule has 4 heteroatoms. The zero-order valence-electron chi connectivity index (χ0n) is 27.9. The first kappa shape index (κ1) is 16.7. The Morgan fingerprint density at radius 1 is 0.973 bits per heavy atom. The van der Waals surface area contributed by atoms with Crippen LogP contribution in [0.3, 0.4) is 0 Å². The largest absolute Gasteiger partial charge is 0.437 e. The van der Waals surface area contributed by atoms with E-state index in [-0.39, 0.29) is 33.4 Å². The SMILES string of the molecule is [2H]C([2H])([2H])c1cnc(-c2cccc3c2oc2nc(C#N)ccc23)cc1-c1ccc(C2([2H])CCC(C)(C)CC2)cc1C([2H])([2H])[2H]. The number of hydrogen-bond acceptors (Lipinski definition) is 4. The van der Waals surface area contributed by atoms with E-state index in [0.717, 1.165) is 23.6 Å². The molecular formula is C33H31N3O. The minimum Gasteiger partial charge on any atom is -0.437 e. The zero-order chi connectivity index (χ0) is 31.7. The molecule has 0 atom stereocenters. The van der Waals surface area contributed by atoms with Gasteiger partial charge in [-0.1, -0.05) is 44.2 Å². The second-order valence-corrected chi connectivity index (χ2v) is 10.6. The van der Waals surface area contributed by atoms with Crippen molar-refractivity contribution in [1.82, 2.24) is 9.97 Å². The number of fused-ring (bicyclic) bond motifs is 3. The van der Waals surface area contributed by atoms with E-state index in [4.69, 9.17) is 12.6 Å². The summed E-state index contributed by atoms with van der Waals surface area (Å²) in [5, 5.41) is 10.7. The summed E-state index contributed by atoms with van der Waals surface area (Å²) in [7, 11) is 0. The molecule has 0 bridgehead atoms. The van der Waals surface area contributed by atoms with Crippen molar-refractivity contribution in [3.63, 3.8) is 0 Å². The van der Waals surface area contributed by atoms with Gasteiger partial charge in [-0.2, -0.15) is 5.26 Å². The average molecular weight is 493 g/mol. The van der Waals surface area contributed by atoms with Crippen molar-refractivity contribution >= 4 is 22.1 Å². The summed E-state index contributed by atoms with van der Waals surface area (Å²) >= 11 is 0. The topological polar surface area (TPSA) is 62.7 Å². The summed E-state index contributed by atoms with van der Waals surface area (Å²) < 4.78 is 65.3. The fourth-order valence-electron chi connectivity index (χ4n) is 5.28. The third-order valence-corrected chi connectivity index (χ3v) is 7.58. The first-order valence-electron chi connectivity index (χ1n) is 16.0. The number of aromatic nitrogens is 2. The molecule has 0 amide bonds. The number of para-hydroxylation sites is 1. The molecular weight excluding hydrogens is 454 g/mol. The van der Waals surface area contributed by atoms with Crippen LogP contribution < -0.4 is 0 Å². The van der Waals surface area contributed by atoms with Gasteiger partial charge in [0.2, 0.25) is 5.71 Å². The molecule has 184 valence electrons. The van der Waals surface area contributed by atoms with Crippen molar-refractivity contribution in [2.24, 2.45) is 5.41 Å². The van der Waals surface area contributed by atoms with E-state index in [9.17, 15) is 6.63 Å². The molecule has 37 heavy (non-hydrogen) atoms. The summed E-state index contributed by atoms with van der Waals surface area (Å²) in [5.74, 6) is -0.916. The molecule has 1 fully saturated rings. The number of furan rings is 1. The molecule has 1 aliphatic rings. The van der Waals surface area contributed by atoms with Crippen LogP contribution in [0.1, 0.15) is 77.4 Å². The van der Waals surface area contributed by atoms with Gasteiger partial charge in [0.15, 0.2) is 0 Å². The molecule has 0 N–H and O–H groups in total. The summed E-state index contributed by atoms with van der Waals surface area (Å²) in [4.78, 5) is 8.78. The van der Waals surface area contributed by atoms with Crippen molar-refractivity contribution in [3.8, 4) is 28.5 Å². The second kappa shape index (κ2) is 8.85. The van der Waals surface area contributed by atoms with Gasteiger partial charge in [0.05, 0.1) is 5.69 Å². The Balaban J connectivity index is 1.54. The maximum Gasteiger partial charge on any atom is 0.228 e. The van der Waals surface area contributed by atoms with Gasteiger partial charge in [-0.25, -0.2) is 4.98 Å². The first-order chi connectivity index (χ1) is 20.6. The van der Waals surface area contributed by atoms with Crippen LogP contribution in [0.5, 0.6) is 0 Å². The van der Waals surface area contributed by atoms with Crippen LogP contribution in [-0.2, 0) is 0 Å². The molecule has 6 rings (SSSR count). The van der Waals surface area contributed by atoms with Gasteiger partial charge in [-0.05, 0) is 103 Å². The van der Waals surface area contributed by atoms with Crippen molar-refractivity contribution < 1.29 is 14.0 Å². The third kappa shape index (κ3) is 4.19. The Morgan fingerprint density at radius 2 is 1.81 bits per heavy atom. The molecule has 0 saturated heterocycles. The van der Waals surface area contributed by atoms with E-state index >= 15 is 0 Å². The predicted octanol–water partition coefficient (Wildman–Crippen LogP) is 8.88. The quantitative estimate of drug-likeness (QED) is 0.252. The van der Waals surface area contributed by atoms with E-state index in [1.54, 1.807) is 42.5 Å². The summed E-state index contributed by atoms with van der Waals surface area (Å²) in [6, 6.07) is 17.5. The number of nitrogens with zero attached hydrogens (tertiary/aromatic N) is 3. The monoisotopic (exact) mass is 492 g/mol. The van der Waals surface area contributed by atoms with Gasteiger partial charge in [-0.3, -0.25) is 4.98 Å². The predicted molar refractivity (Wildman–Crippen MR) is 149 cm³/mol. The zero-order valence-corrected chi connectivity index (χ0v) is 20.9. The lowest BCUT2D eigenvalue weighted by Gasteiger charge is -2.34. The van der Waals surface area contributed by atoms with Gasteiger partial charge in [0, 0.05) is 32.1 Å². The van der Waals surface area contributed by atoms with Crippen LogP contribution >= 0.6 is 0 Å². The minimum atomic E-state index is -2.57. The van der Waals surface area contributed by atoms with Gasteiger partial charge in [0.25, 0.3) is 0 Å². The first-order valence-corrected chi connectivity index (χ1v) is 12.5. The molecule has 5 aromatic rings. The van der Waals surface area contributed by atoms with Crippen molar-refractivity contribution in [2.75, 3.05) is 0 Å². The van der Waals surface area contributed by atoms with E-state index in [0.29, 0.717) is 41.0 Å². The van der Waals surface area contributed by atoms with Crippen LogP contribution in [0.4, 0.5) is 0 Å². The molecule has 0 aliphatic heterocycles. The average Bonchev–Trinajstić information content (AvgIpc) is 3.35. The van der Waals surface area contributed by atoms with Crippen molar-refractivity contribution in [2.45, 2.75) is 59.1 Å². The molecule has 1 saturated carbocycles. The summed E-state index contributed by atoms with van der Waals surface area (Å²) in [5.41, 5.74) is 3.13. The van der Waals surface area contributed by atoms with Gasteiger partial charge in [0.1, 0.15) is 17.3 Å². The van der Waals surface area contributed by atoms with Crippen LogP contribution in [0, 0.1) is 30.4 Å². The molecule has 1 aliphatic carbocycles. The van der Waals surface area contributed by atoms with Gasteiger partial charge >= 0.3 is 0 Å². The van der Waals surface area contributed by atoms with Gasteiger partial charge < -0.3 is 4.42 Å². The number of benzene rings is 2. The maximum absolute atomic E-state index is 9.28. The number of rotatable bonds is 3. The Morgan fingerprint density at radius 3 is 2.59 bits per heavy atom. The van der Waals surface area contributed by atoms with Crippen molar-refractivity contribution in [1.29, 1.82) is 5.26 Å². The number of pyridine rings is 2. The third-order valence-electron chi connectivity index (χ3n) is 7.58. The van der Waals surface area contributed by atoms with E-state index in [2.05, 4.69) is 23.8 Å². The minimum absolute atomic E-state index is 0.00397. The molecule has 0 spiro atoms. The summed E-state index contributed by atoms with van der Waals surface area (Å²) in [6.45, 7) is -0.756. The lowest BCUT2D eigenvalue weighted by Crippen LogP contribution is -2.20. The van der Waals surface area contributed by atoms with Crippen molar-refractivity contribution in [3.05, 3.63) is 83.2 Å². The summed E-state index contributed by atoms with van der Waals surface area (Å²) in [6.07, 6.45) is 4.23. The highest BCUT2D eigenvalue weighted by Crippen LogP contribution is 2.43. The standard InChI is InChI=1S/C33H31N3O/c1-20-16-23(22-12-14-33(3,4)15-13-22)8-10-25(20)29-17-30(35-19-21(29)2)28-7-5-6-26-27-11-9-24(18-34)36-32(27)37-31(26)28/h5-11,16-17,19,22H,12-15H2,1-4H3/i1D3,2D3,22D. The lowest BCUT2D eigenvalue weighted by molar-refractivity contribution is 0.224. The molecule has 3 heterocycles. The van der Waals surface area contributed by atoms with Crippen LogP contribution in [0.2, 0.25) is 0 Å². The fraction of sp³-hybridized carbons (Fsp3) is 0.303. The van der Waals surface area contributed by atoms with Crippen LogP contribution in [0.15, 0.2) is 65.2 Å². The normalized spacial score (nSPS) is 20.1. The van der Waals surface area contributed by atoms with Crippen LogP contribution in [-0.4, -0.2) is 9.97 Å². The Kier molecular flexibility index (Phi) is 4.00. The Bertz CT molecular complexity index is 1960. The van der Waals surface area contributed by atoms with E-state index < -0.39 is 19.6 Å². The molecule has 0 radical (unpaired) electrons. The molecule has 3 aromatic heterocycles.